The number of aromatic nitrogens is 4. The molecular formula is C34H38N6O5. The molecule has 1 aliphatic heterocycles. The fourth-order valence-corrected chi connectivity index (χ4v) is 5.90. The van der Waals surface area contributed by atoms with Crippen LogP contribution in [0.25, 0.3) is 11.2 Å². The van der Waals surface area contributed by atoms with Gasteiger partial charge in [-0.1, -0.05) is 86.6 Å². The highest BCUT2D eigenvalue weighted by Gasteiger charge is 2.46. The van der Waals surface area contributed by atoms with Crippen LogP contribution in [0.15, 0.2) is 96.1 Å². The lowest BCUT2D eigenvalue weighted by molar-refractivity contribution is -0.0351. The molecule has 0 amide bonds. The van der Waals surface area contributed by atoms with Crippen molar-refractivity contribution in [3.05, 3.63) is 118 Å². The Bertz CT molecular complexity index is 1730. The number of ether oxygens (including phenoxy) is 2. The van der Waals surface area contributed by atoms with Gasteiger partial charge in [0.05, 0.1) is 19.0 Å². The van der Waals surface area contributed by atoms with E-state index in [0.29, 0.717) is 18.4 Å². The Kier molecular flexibility index (Phi) is 8.68. The van der Waals surface area contributed by atoms with Gasteiger partial charge in [-0.3, -0.25) is 19.7 Å². The summed E-state index contributed by atoms with van der Waals surface area (Å²) < 4.78 is 13.3. The third-order valence-electron chi connectivity index (χ3n) is 8.23. The van der Waals surface area contributed by atoms with Crippen LogP contribution in [0.3, 0.4) is 0 Å². The summed E-state index contributed by atoms with van der Waals surface area (Å²) >= 11 is 0. The Morgan fingerprint density at radius 3 is 2.18 bits per heavy atom. The number of aliphatic hydroxyl groups excluding tert-OH is 2. The van der Waals surface area contributed by atoms with Crippen molar-refractivity contribution in [1.82, 2.24) is 24.8 Å². The molecule has 0 saturated carbocycles. The molecular weight excluding hydrogens is 572 g/mol. The van der Waals surface area contributed by atoms with Crippen molar-refractivity contribution in [3.8, 4) is 5.75 Å². The number of anilines is 1. The van der Waals surface area contributed by atoms with Gasteiger partial charge in [0.15, 0.2) is 17.4 Å². The molecule has 0 spiro atoms. The minimum atomic E-state index is -1.30. The van der Waals surface area contributed by atoms with E-state index in [1.807, 2.05) is 74.5 Å². The molecule has 45 heavy (non-hydrogen) atoms. The first-order chi connectivity index (χ1) is 21.8. The Hall–Kier alpha value is -4.55. The van der Waals surface area contributed by atoms with E-state index in [2.05, 4.69) is 49.9 Å². The van der Waals surface area contributed by atoms with Crippen LogP contribution in [0.4, 0.5) is 5.95 Å². The van der Waals surface area contributed by atoms with Crippen LogP contribution in [0, 0.1) is 5.92 Å². The molecule has 0 bridgehead atoms. The molecule has 5 N–H and O–H groups in total. The summed E-state index contributed by atoms with van der Waals surface area (Å²) in [5.74, 6) is 1.36. The zero-order valence-corrected chi connectivity index (χ0v) is 25.4. The number of hydrogen-bond acceptors (Lipinski definition) is 9. The van der Waals surface area contributed by atoms with Crippen LogP contribution in [0.2, 0.25) is 0 Å². The molecule has 1 unspecified atom stereocenters. The van der Waals surface area contributed by atoms with Crippen LogP contribution in [0.5, 0.6) is 5.75 Å². The average Bonchev–Trinajstić information content (AvgIpc) is 3.62. The predicted octanol–water partition coefficient (Wildman–Crippen LogP) is 3.40. The molecule has 1 aliphatic rings. The van der Waals surface area contributed by atoms with E-state index >= 15 is 0 Å². The molecule has 234 valence electrons. The second-order valence-corrected chi connectivity index (χ2v) is 11.7. The largest absolute Gasteiger partial charge is 0.497 e. The predicted molar refractivity (Wildman–Crippen MR) is 171 cm³/mol. The summed E-state index contributed by atoms with van der Waals surface area (Å²) in [5.41, 5.74) is 2.03. The van der Waals surface area contributed by atoms with E-state index in [1.54, 1.807) is 7.11 Å². The zero-order valence-electron chi connectivity index (χ0n) is 25.4. The van der Waals surface area contributed by atoms with Gasteiger partial charge in [-0.2, -0.15) is 4.98 Å². The minimum absolute atomic E-state index is 0.114. The molecule has 11 nitrogen and oxygen atoms in total. The van der Waals surface area contributed by atoms with Crippen molar-refractivity contribution >= 4 is 17.1 Å². The first-order valence-electron chi connectivity index (χ1n) is 15.0. The number of aromatic amines is 1. The van der Waals surface area contributed by atoms with Gasteiger partial charge >= 0.3 is 0 Å². The van der Waals surface area contributed by atoms with Gasteiger partial charge in [-0.15, -0.1) is 0 Å². The van der Waals surface area contributed by atoms with E-state index < -0.39 is 35.6 Å². The number of imidazole rings is 1. The number of nitrogens with one attached hydrogen (secondary N) is 3. The van der Waals surface area contributed by atoms with Gasteiger partial charge in [0.2, 0.25) is 5.95 Å². The van der Waals surface area contributed by atoms with Crippen molar-refractivity contribution < 1.29 is 19.7 Å². The number of nitrogens with zero attached hydrogens (tertiary/aromatic N) is 3. The number of aliphatic hydroxyl groups is 2. The van der Waals surface area contributed by atoms with Crippen molar-refractivity contribution in [3.63, 3.8) is 0 Å². The van der Waals surface area contributed by atoms with Crippen molar-refractivity contribution in [2.75, 3.05) is 25.5 Å². The first kappa shape index (κ1) is 30.5. The summed E-state index contributed by atoms with van der Waals surface area (Å²) in [6, 6.07) is 28.0. The van der Waals surface area contributed by atoms with Crippen LogP contribution < -0.4 is 20.9 Å². The average molecular weight is 611 g/mol. The van der Waals surface area contributed by atoms with Gasteiger partial charge in [0, 0.05) is 13.1 Å². The Balaban J connectivity index is 1.34. The number of benzene rings is 3. The maximum atomic E-state index is 12.8. The normalized spacial score (nSPS) is 20.1. The standard InChI is InChI=1S/C34H38N6O5/c1-21(2)18-35-33-38-30-27(31(43)39-33)36-20-40(30)32-29(42)28(41)26(45-32)19-37-34(22-10-6-4-7-11-22,23-12-8-5-9-13-23)24-14-16-25(44-3)17-15-24/h4-17,20-21,26,28-29,32,37,41-42H,18-19H2,1-3H3,(H2,35,38,39,43)/t26-,28?,29+,32-/m1/s1. The smallest absolute Gasteiger partial charge is 0.280 e. The quantitative estimate of drug-likeness (QED) is 0.142. The summed E-state index contributed by atoms with van der Waals surface area (Å²) in [5, 5.41) is 29.3. The lowest BCUT2D eigenvalue weighted by atomic mass is 9.76. The van der Waals surface area contributed by atoms with Gasteiger partial charge in [-0.05, 0) is 34.7 Å². The number of hydrogen-bond donors (Lipinski definition) is 5. The highest BCUT2D eigenvalue weighted by atomic mass is 16.6. The highest BCUT2D eigenvalue weighted by molar-refractivity contribution is 5.71. The van der Waals surface area contributed by atoms with Gasteiger partial charge in [0.25, 0.3) is 5.56 Å². The van der Waals surface area contributed by atoms with E-state index in [-0.39, 0.29) is 17.7 Å². The van der Waals surface area contributed by atoms with E-state index in [0.717, 1.165) is 22.4 Å². The maximum absolute atomic E-state index is 12.8. The van der Waals surface area contributed by atoms with Gasteiger partial charge in [-0.25, -0.2) is 4.98 Å². The second-order valence-electron chi connectivity index (χ2n) is 11.7. The Morgan fingerprint density at radius 2 is 1.58 bits per heavy atom. The maximum Gasteiger partial charge on any atom is 0.280 e. The molecule has 0 aliphatic carbocycles. The van der Waals surface area contributed by atoms with E-state index in [4.69, 9.17) is 9.47 Å². The molecule has 4 atom stereocenters. The molecule has 1 fully saturated rings. The fraction of sp³-hybridized carbons (Fsp3) is 0.324. The topological polar surface area (TPSA) is 147 Å². The highest BCUT2D eigenvalue weighted by Crippen LogP contribution is 2.39. The molecule has 3 aromatic carbocycles. The van der Waals surface area contributed by atoms with Gasteiger partial charge < -0.3 is 25.0 Å². The number of fused-ring (bicyclic) bond motifs is 1. The lowest BCUT2D eigenvalue weighted by Crippen LogP contribution is -2.49. The molecule has 11 heteroatoms. The third-order valence-corrected chi connectivity index (χ3v) is 8.23. The first-order valence-corrected chi connectivity index (χ1v) is 15.0. The molecule has 3 heterocycles. The van der Waals surface area contributed by atoms with E-state index in [1.165, 1.54) is 10.9 Å². The summed E-state index contributed by atoms with van der Waals surface area (Å²) in [4.78, 5) is 24.2. The molecule has 0 radical (unpaired) electrons. The molecule has 2 aromatic heterocycles. The third kappa shape index (κ3) is 5.83. The molecule has 5 aromatic rings. The summed E-state index contributed by atoms with van der Waals surface area (Å²) in [6.07, 6.45) is -2.96. The summed E-state index contributed by atoms with van der Waals surface area (Å²) in [6.45, 7) is 4.87. The van der Waals surface area contributed by atoms with Crippen molar-refractivity contribution in [1.29, 1.82) is 0 Å². The number of H-pyrrole nitrogens is 1. The Labute approximate surface area is 260 Å². The Morgan fingerprint density at radius 1 is 0.956 bits per heavy atom. The number of methoxy groups -OCH3 is 1. The minimum Gasteiger partial charge on any atom is -0.497 e. The van der Waals surface area contributed by atoms with Crippen molar-refractivity contribution in [2.24, 2.45) is 5.92 Å². The van der Waals surface area contributed by atoms with Crippen LogP contribution in [-0.4, -0.2) is 68.2 Å². The second kappa shape index (κ2) is 12.8. The van der Waals surface area contributed by atoms with Crippen LogP contribution in [0.1, 0.15) is 36.8 Å². The fourth-order valence-electron chi connectivity index (χ4n) is 5.90. The van der Waals surface area contributed by atoms with Crippen molar-refractivity contribution in [2.45, 2.75) is 43.9 Å². The summed E-state index contributed by atoms with van der Waals surface area (Å²) in [7, 11) is 1.63. The lowest BCUT2D eigenvalue weighted by Gasteiger charge is -2.38. The SMILES string of the molecule is COc1ccc(C(NC[C@H]2O[C@@H](n3cnc4c(=O)[nH]c(NCC(C)C)nc43)[C@@H](O)C2O)(c2ccccc2)c2ccccc2)cc1. The van der Waals surface area contributed by atoms with E-state index in [9.17, 15) is 15.0 Å². The zero-order chi connectivity index (χ0) is 31.6. The molecule has 1 saturated heterocycles. The molecule has 6 rings (SSSR count). The van der Waals surface area contributed by atoms with Crippen LogP contribution in [-0.2, 0) is 10.3 Å². The monoisotopic (exact) mass is 610 g/mol. The van der Waals surface area contributed by atoms with Crippen LogP contribution >= 0.6 is 0 Å². The number of rotatable bonds is 11. The van der Waals surface area contributed by atoms with Gasteiger partial charge in [0.1, 0.15) is 24.1 Å².